The van der Waals surface area contributed by atoms with E-state index in [1.54, 1.807) is 11.1 Å². The largest absolute Gasteiger partial charge is 0.332 e. The lowest BCUT2D eigenvalue weighted by Crippen LogP contribution is -2.24. The van der Waals surface area contributed by atoms with Crippen molar-refractivity contribution in [3.05, 3.63) is 29.6 Å². The summed E-state index contributed by atoms with van der Waals surface area (Å²) in [5, 5.41) is 0. The third kappa shape index (κ3) is 3.05. The molecule has 0 atom stereocenters. The highest BCUT2D eigenvalue weighted by Crippen LogP contribution is 2.08. The summed E-state index contributed by atoms with van der Waals surface area (Å²) in [7, 11) is 0. The lowest BCUT2D eigenvalue weighted by molar-refractivity contribution is -0.127. The van der Waals surface area contributed by atoms with Crippen molar-refractivity contribution in [2.75, 3.05) is 13.1 Å². The number of carbonyl (C=O) groups is 1. The van der Waals surface area contributed by atoms with Gasteiger partial charge < -0.3 is 10.6 Å². The molecule has 0 radical (unpaired) electrons. The van der Waals surface area contributed by atoms with Crippen molar-refractivity contribution in [1.82, 2.24) is 9.88 Å². The van der Waals surface area contributed by atoms with E-state index in [0.717, 1.165) is 18.5 Å². The average molecular weight is 229 g/mol. The first kappa shape index (κ1) is 11.6. The van der Waals surface area contributed by atoms with Crippen LogP contribution in [-0.4, -0.2) is 28.9 Å². The first-order chi connectivity index (χ1) is 8.29. The van der Waals surface area contributed by atoms with Crippen LogP contribution in [0, 0.1) is 11.8 Å². The average Bonchev–Trinajstić information content (AvgIpc) is 2.76. The van der Waals surface area contributed by atoms with Crippen LogP contribution in [-0.2, 0) is 11.3 Å². The van der Waals surface area contributed by atoms with Crippen LogP contribution >= 0.6 is 0 Å². The second-order valence-electron chi connectivity index (χ2n) is 3.97. The summed E-state index contributed by atoms with van der Waals surface area (Å²) in [6.07, 6.45) is 3.30. The van der Waals surface area contributed by atoms with Gasteiger partial charge in [-0.05, 0) is 30.0 Å². The number of nitrogens with zero attached hydrogens (tertiary/aromatic N) is 2. The molecule has 0 aromatic carbocycles. The number of amides is 1. The van der Waals surface area contributed by atoms with Crippen LogP contribution in [0.15, 0.2) is 18.3 Å². The van der Waals surface area contributed by atoms with Gasteiger partial charge in [0.25, 0.3) is 0 Å². The standard InChI is InChI=1S/C13H15N3O/c14-10-11-5-6-15-12(9-11)3-1-7-16-8-2-4-13(16)17/h5-6,9H,2,4,7-8,10,14H2. The Morgan fingerprint density at radius 1 is 1.53 bits per heavy atom. The summed E-state index contributed by atoms with van der Waals surface area (Å²) >= 11 is 0. The molecule has 0 unspecified atom stereocenters. The smallest absolute Gasteiger partial charge is 0.223 e. The Morgan fingerprint density at radius 2 is 2.41 bits per heavy atom. The molecular weight excluding hydrogens is 214 g/mol. The highest BCUT2D eigenvalue weighted by Gasteiger charge is 2.18. The van der Waals surface area contributed by atoms with Crippen molar-refractivity contribution in [3.8, 4) is 11.8 Å². The summed E-state index contributed by atoms with van der Waals surface area (Å²) in [6, 6.07) is 3.74. The van der Waals surface area contributed by atoms with Crippen LogP contribution in [0.3, 0.4) is 0 Å². The van der Waals surface area contributed by atoms with Crippen LogP contribution in [0.25, 0.3) is 0 Å². The van der Waals surface area contributed by atoms with E-state index in [2.05, 4.69) is 16.8 Å². The van der Waals surface area contributed by atoms with Crippen molar-refractivity contribution in [1.29, 1.82) is 0 Å². The topological polar surface area (TPSA) is 59.2 Å². The molecule has 0 bridgehead atoms. The van der Waals surface area contributed by atoms with Gasteiger partial charge in [-0.15, -0.1) is 0 Å². The van der Waals surface area contributed by atoms with Gasteiger partial charge in [-0.3, -0.25) is 4.79 Å². The molecule has 2 heterocycles. The first-order valence-corrected chi connectivity index (χ1v) is 5.71. The van der Waals surface area contributed by atoms with Crippen LogP contribution in [0.2, 0.25) is 0 Å². The van der Waals surface area contributed by atoms with Crippen molar-refractivity contribution >= 4 is 5.91 Å². The SMILES string of the molecule is NCc1ccnc(C#CCN2CCCC2=O)c1. The van der Waals surface area contributed by atoms with Gasteiger partial charge in [-0.2, -0.15) is 0 Å². The Kier molecular flexibility index (Phi) is 3.73. The maximum Gasteiger partial charge on any atom is 0.223 e. The van der Waals surface area contributed by atoms with Gasteiger partial charge in [0.05, 0.1) is 6.54 Å². The Labute approximate surface area is 101 Å². The van der Waals surface area contributed by atoms with Gasteiger partial charge in [0, 0.05) is 25.7 Å². The Bertz CT molecular complexity index is 473. The molecular formula is C13H15N3O. The van der Waals surface area contributed by atoms with Crippen LogP contribution in [0.1, 0.15) is 24.1 Å². The van der Waals surface area contributed by atoms with E-state index in [9.17, 15) is 4.79 Å². The maximum absolute atomic E-state index is 11.3. The molecule has 2 N–H and O–H groups in total. The molecule has 4 nitrogen and oxygen atoms in total. The quantitative estimate of drug-likeness (QED) is 0.752. The molecule has 1 saturated heterocycles. The van der Waals surface area contributed by atoms with Gasteiger partial charge in [0.15, 0.2) is 0 Å². The molecule has 1 aromatic rings. The second kappa shape index (κ2) is 5.46. The molecule has 0 aliphatic carbocycles. The molecule has 1 aliphatic heterocycles. The number of likely N-dealkylation sites (tertiary alicyclic amines) is 1. The van der Waals surface area contributed by atoms with Gasteiger partial charge in [0.2, 0.25) is 5.91 Å². The van der Waals surface area contributed by atoms with Crippen molar-refractivity contribution in [3.63, 3.8) is 0 Å². The number of nitrogens with two attached hydrogens (primary N) is 1. The number of carbonyl (C=O) groups excluding carboxylic acids is 1. The van der Waals surface area contributed by atoms with E-state index in [4.69, 9.17) is 5.73 Å². The number of rotatable bonds is 2. The first-order valence-electron chi connectivity index (χ1n) is 5.71. The van der Waals surface area contributed by atoms with Gasteiger partial charge in [-0.1, -0.05) is 5.92 Å². The van der Waals surface area contributed by atoms with E-state index in [1.165, 1.54) is 0 Å². The summed E-state index contributed by atoms with van der Waals surface area (Å²) < 4.78 is 0. The fourth-order valence-electron chi connectivity index (χ4n) is 1.77. The van der Waals surface area contributed by atoms with E-state index >= 15 is 0 Å². The van der Waals surface area contributed by atoms with Crippen LogP contribution in [0.5, 0.6) is 0 Å². The highest BCUT2D eigenvalue weighted by atomic mass is 16.2. The zero-order valence-electron chi connectivity index (χ0n) is 9.65. The molecule has 4 heteroatoms. The molecule has 17 heavy (non-hydrogen) atoms. The molecule has 1 amide bonds. The predicted molar refractivity (Wildman–Crippen MR) is 64.8 cm³/mol. The predicted octanol–water partition coefficient (Wildman–Crippen LogP) is 0.514. The minimum absolute atomic E-state index is 0.197. The fourth-order valence-corrected chi connectivity index (χ4v) is 1.77. The van der Waals surface area contributed by atoms with Gasteiger partial charge >= 0.3 is 0 Å². The molecule has 0 spiro atoms. The lowest BCUT2D eigenvalue weighted by atomic mass is 10.2. The third-order valence-corrected chi connectivity index (χ3v) is 2.72. The number of hydrogen-bond donors (Lipinski definition) is 1. The zero-order valence-corrected chi connectivity index (χ0v) is 9.65. The van der Waals surface area contributed by atoms with Gasteiger partial charge in [-0.25, -0.2) is 4.98 Å². The Morgan fingerprint density at radius 3 is 3.12 bits per heavy atom. The molecule has 88 valence electrons. The van der Waals surface area contributed by atoms with E-state index in [0.29, 0.717) is 25.2 Å². The van der Waals surface area contributed by atoms with Crippen molar-refractivity contribution in [2.24, 2.45) is 5.73 Å². The van der Waals surface area contributed by atoms with Crippen molar-refractivity contribution < 1.29 is 4.79 Å². The molecule has 1 aromatic heterocycles. The van der Waals surface area contributed by atoms with Crippen LogP contribution < -0.4 is 5.73 Å². The van der Waals surface area contributed by atoms with Crippen molar-refractivity contribution in [2.45, 2.75) is 19.4 Å². The van der Waals surface area contributed by atoms with E-state index in [1.807, 2.05) is 12.1 Å². The minimum atomic E-state index is 0.197. The monoisotopic (exact) mass is 229 g/mol. The lowest BCUT2D eigenvalue weighted by Gasteiger charge is -2.09. The third-order valence-electron chi connectivity index (χ3n) is 2.72. The van der Waals surface area contributed by atoms with Crippen LogP contribution in [0.4, 0.5) is 0 Å². The Balaban J connectivity index is 1.98. The van der Waals surface area contributed by atoms with E-state index < -0.39 is 0 Å². The zero-order chi connectivity index (χ0) is 12.1. The molecule has 0 saturated carbocycles. The molecule has 2 rings (SSSR count). The fraction of sp³-hybridized carbons (Fsp3) is 0.385. The number of aromatic nitrogens is 1. The number of hydrogen-bond acceptors (Lipinski definition) is 3. The van der Waals surface area contributed by atoms with E-state index in [-0.39, 0.29) is 5.91 Å². The highest BCUT2D eigenvalue weighted by molar-refractivity contribution is 5.78. The second-order valence-corrected chi connectivity index (χ2v) is 3.97. The number of pyridine rings is 1. The maximum atomic E-state index is 11.3. The summed E-state index contributed by atoms with van der Waals surface area (Å²) in [6.45, 7) is 1.80. The summed E-state index contributed by atoms with van der Waals surface area (Å²) in [4.78, 5) is 17.3. The van der Waals surface area contributed by atoms with Gasteiger partial charge in [0.1, 0.15) is 5.69 Å². The molecule has 1 aliphatic rings. The normalized spacial score (nSPS) is 14.6. The summed E-state index contributed by atoms with van der Waals surface area (Å²) in [5.41, 5.74) is 7.26. The summed E-state index contributed by atoms with van der Waals surface area (Å²) in [5.74, 6) is 6.13. The Hall–Kier alpha value is -1.86. The minimum Gasteiger partial charge on any atom is -0.332 e. The molecule has 1 fully saturated rings.